The normalized spacial score (nSPS) is 12.3. The first kappa shape index (κ1) is 13.3. The van der Waals surface area contributed by atoms with Crippen LogP contribution >= 0.6 is 11.6 Å². The molecule has 1 aromatic carbocycles. The van der Waals surface area contributed by atoms with Gasteiger partial charge < -0.3 is 4.57 Å². The maximum absolute atomic E-state index is 13.2. The molecule has 1 aromatic heterocycles. The number of rotatable bonds is 4. The van der Waals surface area contributed by atoms with Crippen molar-refractivity contribution in [3.05, 3.63) is 29.8 Å². The first-order valence-corrected chi connectivity index (χ1v) is 6.71. The number of alkyl halides is 1. The van der Waals surface area contributed by atoms with E-state index in [1.807, 2.05) is 0 Å². The van der Waals surface area contributed by atoms with Gasteiger partial charge in [0.2, 0.25) is 0 Å². The molecule has 0 spiro atoms. The summed E-state index contributed by atoms with van der Waals surface area (Å²) in [6.45, 7) is 7.42. The molecule has 0 atom stereocenters. The van der Waals surface area contributed by atoms with Crippen molar-refractivity contribution in [2.75, 3.05) is 0 Å². The lowest BCUT2D eigenvalue weighted by Crippen LogP contribution is -2.19. The highest BCUT2D eigenvalue weighted by molar-refractivity contribution is 6.16. The Morgan fingerprint density at radius 1 is 1.39 bits per heavy atom. The number of imidazole rings is 1. The van der Waals surface area contributed by atoms with E-state index >= 15 is 0 Å². The van der Waals surface area contributed by atoms with Gasteiger partial charge in [-0.2, -0.15) is 0 Å². The van der Waals surface area contributed by atoms with E-state index in [9.17, 15) is 4.39 Å². The molecule has 1 heterocycles. The largest absolute Gasteiger partial charge is 0.326 e. The van der Waals surface area contributed by atoms with E-state index in [0.717, 1.165) is 24.3 Å². The topological polar surface area (TPSA) is 17.8 Å². The Labute approximate surface area is 112 Å². The fraction of sp³-hybridized carbons (Fsp3) is 0.500. The number of nitrogens with zero attached hydrogens (tertiary/aromatic N) is 2. The van der Waals surface area contributed by atoms with E-state index in [4.69, 9.17) is 11.6 Å². The number of aromatic nitrogens is 2. The molecule has 0 aliphatic heterocycles. The second kappa shape index (κ2) is 4.88. The average Bonchev–Trinajstić information content (AvgIpc) is 2.66. The number of fused-ring (bicyclic) bond motifs is 1. The van der Waals surface area contributed by atoms with Crippen LogP contribution in [-0.2, 0) is 12.4 Å². The second-order valence-electron chi connectivity index (χ2n) is 5.40. The van der Waals surface area contributed by atoms with Gasteiger partial charge >= 0.3 is 0 Å². The molecule has 0 amide bonds. The highest BCUT2D eigenvalue weighted by Crippen LogP contribution is 2.27. The minimum Gasteiger partial charge on any atom is -0.326 e. The Morgan fingerprint density at radius 3 is 2.72 bits per heavy atom. The van der Waals surface area contributed by atoms with Crippen molar-refractivity contribution in [3.63, 3.8) is 0 Å². The zero-order valence-electron chi connectivity index (χ0n) is 11.0. The summed E-state index contributed by atoms with van der Waals surface area (Å²) in [6.07, 6.45) is 1.07. The predicted octanol–water partition coefficient (Wildman–Crippen LogP) is 4.35. The molecular weight excluding hydrogens is 251 g/mol. The van der Waals surface area contributed by atoms with Gasteiger partial charge in [-0.1, -0.05) is 20.8 Å². The van der Waals surface area contributed by atoms with Crippen LogP contribution in [0.15, 0.2) is 18.2 Å². The minimum atomic E-state index is -0.261. The number of halogens is 2. The van der Waals surface area contributed by atoms with E-state index < -0.39 is 0 Å². The standard InChI is InChI=1S/C14H18ClFN2/c1-4-14(2,3)9-18-12-6-5-10(16)7-11(12)17-13(18)8-15/h5-7H,4,8-9H2,1-3H3. The van der Waals surface area contributed by atoms with Crippen LogP contribution in [0, 0.1) is 11.2 Å². The highest BCUT2D eigenvalue weighted by Gasteiger charge is 2.20. The SMILES string of the molecule is CCC(C)(C)Cn1c(CCl)nc2cc(F)ccc21. The van der Waals surface area contributed by atoms with E-state index in [1.165, 1.54) is 12.1 Å². The van der Waals surface area contributed by atoms with Crippen LogP contribution in [0.1, 0.15) is 33.0 Å². The summed E-state index contributed by atoms with van der Waals surface area (Å²) in [7, 11) is 0. The minimum absolute atomic E-state index is 0.169. The number of hydrogen-bond donors (Lipinski definition) is 0. The lowest BCUT2D eigenvalue weighted by molar-refractivity contribution is 0.295. The van der Waals surface area contributed by atoms with Gasteiger partial charge in [-0.05, 0) is 24.0 Å². The Balaban J connectivity index is 2.53. The molecule has 0 unspecified atom stereocenters. The van der Waals surface area contributed by atoms with Gasteiger partial charge in [0, 0.05) is 12.6 Å². The first-order valence-electron chi connectivity index (χ1n) is 6.17. The molecule has 2 nitrogen and oxygen atoms in total. The lowest BCUT2D eigenvalue weighted by Gasteiger charge is -2.24. The van der Waals surface area contributed by atoms with Crippen molar-refractivity contribution >= 4 is 22.6 Å². The summed E-state index contributed by atoms with van der Waals surface area (Å²) in [5.41, 5.74) is 1.80. The van der Waals surface area contributed by atoms with Crippen LogP contribution in [0.2, 0.25) is 0 Å². The van der Waals surface area contributed by atoms with Crippen LogP contribution in [0.3, 0.4) is 0 Å². The number of hydrogen-bond acceptors (Lipinski definition) is 1. The maximum atomic E-state index is 13.2. The van der Waals surface area contributed by atoms with E-state index in [0.29, 0.717) is 11.4 Å². The number of benzene rings is 1. The summed E-state index contributed by atoms with van der Waals surface area (Å²) in [5.74, 6) is 0.887. The zero-order valence-corrected chi connectivity index (χ0v) is 11.8. The van der Waals surface area contributed by atoms with E-state index in [-0.39, 0.29) is 11.2 Å². The molecule has 0 aliphatic carbocycles. The first-order chi connectivity index (χ1) is 8.46. The average molecular weight is 269 g/mol. The second-order valence-corrected chi connectivity index (χ2v) is 5.67. The smallest absolute Gasteiger partial charge is 0.125 e. The third-order valence-corrected chi connectivity index (χ3v) is 3.69. The summed E-state index contributed by atoms with van der Waals surface area (Å²) >= 11 is 5.94. The van der Waals surface area contributed by atoms with Crippen molar-refractivity contribution in [3.8, 4) is 0 Å². The monoisotopic (exact) mass is 268 g/mol. The van der Waals surface area contributed by atoms with Crippen LogP contribution in [0.5, 0.6) is 0 Å². The lowest BCUT2D eigenvalue weighted by atomic mass is 9.90. The van der Waals surface area contributed by atoms with Gasteiger partial charge in [-0.3, -0.25) is 0 Å². The van der Waals surface area contributed by atoms with Gasteiger partial charge in [0.15, 0.2) is 0 Å². The Hall–Kier alpha value is -1.09. The molecule has 0 N–H and O–H groups in total. The molecule has 2 aromatic rings. The predicted molar refractivity (Wildman–Crippen MR) is 73.3 cm³/mol. The molecule has 0 radical (unpaired) electrons. The molecule has 2 rings (SSSR count). The summed E-state index contributed by atoms with van der Waals surface area (Å²) < 4.78 is 15.3. The van der Waals surface area contributed by atoms with Crippen molar-refractivity contribution in [1.29, 1.82) is 0 Å². The molecule has 0 bridgehead atoms. The molecule has 4 heteroatoms. The summed E-state index contributed by atoms with van der Waals surface area (Å²) in [4.78, 5) is 4.40. The highest BCUT2D eigenvalue weighted by atomic mass is 35.5. The van der Waals surface area contributed by atoms with Crippen LogP contribution in [0.25, 0.3) is 11.0 Å². The van der Waals surface area contributed by atoms with Crippen molar-refractivity contribution in [2.24, 2.45) is 5.41 Å². The third kappa shape index (κ3) is 2.51. The zero-order chi connectivity index (χ0) is 13.3. The molecule has 98 valence electrons. The van der Waals surface area contributed by atoms with Gasteiger partial charge in [0.25, 0.3) is 0 Å². The molecule has 0 saturated heterocycles. The maximum Gasteiger partial charge on any atom is 0.125 e. The van der Waals surface area contributed by atoms with Crippen molar-refractivity contribution in [1.82, 2.24) is 9.55 Å². The van der Waals surface area contributed by atoms with Crippen LogP contribution < -0.4 is 0 Å². The Morgan fingerprint density at radius 2 is 2.11 bits per heavy atom. The molecule has 0 saturated carbocycles. The van der Waals surface area contributed by atoms with Gasteiger partial charge in [0.1, 0.15) is 11.6 Å². The van der Waals surface area contributed by atoms with E-state index in [1.54, 1.807) is 6.07 Å². The summed E-state index contributed by atoms with van der Waals surface area (Å²) in [6, 6.07) is 4.71. The molecule has 0 aliphatic rings. The van der Waals surface area contributed by atoms with Gasteiger partial charge in [-0.15, -0.1) is 11.6 Å². The quantitative estimate of drug-likeness (QED) is 0.754. The molecule has 0 fully saturated rings. The molecule has 18 heavy (non-hydrogen) atoms. The van der Waals surface area contributed by atoms with Crippen LogP contribution in [-0.4, -0.2) is 9.55 Å². The third-order valence-electron chi connectivity index (χ3n) is 3.45. The fourth-order valence-corrected chi connectivity index (χ4v) is 2.18. The van der Waals surface area contributed by atoms with Crippen molar-refractivity contribution in [2.45, 2.75) is 39.6 Å². The fourth-order valence-electron chi connectivity index (χ4n) is 1.97. The molecular formula is C14H18ClFN2. The Bertz CT molecular complexity index is 560. The van der Waals surface area contributed by atoms with Gasteiger partial charge in [0.05, 0.1) is 16.9 Å². The van der Waals surface area contributed by atoms with Crippen molar-refractivity contribution < 1.29 is 4.39 Å². The van der Waals surface area contributed by atoms with Crippen LogP contribution in [0.4, 0.5) is 4.39 Å². The Kier molecular flexibility index (Phi) is 3.62. The van der Waals surface area contributed by atoms with E-state index in [2.05, 4.69) is 30.3 Å². The van der Waals surface area contributed by atoms with Gasteiger partial charge in [-0.25, -0.2) is 9.37 Å². The summed E-state index contributed by atoms with van der Waals surface area (Å²) in [5, 5.41) is 0.